The van der Waals surface area contributed by atoms with Gasteiger partial charge in [-0.3, -0.25) is 0 Å². The highest BCUT2D eigenvalue weighted by atomic mass is 35.5. The molecule has 0 aliphatic carbocycles. The molecule has 6 heteroatoms. The van der Waals surface area contributed by atoms with Gasteiger partial charge in [0.15, 0.2) is 0 Å². The zero-order valence-electron chi connectivity index (χ0n) is 10.7. The van der Waals surface area contributed by atoms with Crippen molar-refractivity contribution in [3.63, 3.8) is 0 Å². The van der Waals surface area contributed by atoms with E-state index in [0.29, 0.717) is 12.6 Å². The van der Waals surface area contributed by atoms with Crippen molar-refractivity contribution in [3.8, 4) is 0 Å². The van der Waals surface area contributed by atoms with E-state index in [1.165, 1.54) is 0 Å². The van der Waals surface area contributed by atoms with Crippen molar-refractivity contribution in [1.29, 1.82) is 0 Å². The number of halogens is 1. The van der Waals surface area contributed by atoms with E-state index in [2.05, 4.69) is 48.0 Å². The van der Waals surface area contributed by atoms with Gasteiger partial charge in [-0.15, -0.1) is 0 Å². The molecule has 0 unspecified atom stereocenters. The van der Waals surface area contributed by atoms with Crippen LogP contribution in [0.15, 0.2) is 12.3 Å². The Morgan fingerprint density at radius 3 is 2.27 bits per heavy atom. The molecular formula is C9H21B2ClN2Si. The third kappa shape index (κ3) is 2.83. The minimum atomic E-state index is -1.24. The normalized spacial score (nSPS) is 21.7. The number of hydrogen-bond donors (Lipinski definition) is 0. The van der Waals surface area contributed by atoms with Crippen LogP contribution < -0.4 is 0 Å². The molecule has 0 spiro atoms. The summed E-state index contributed by atoms with van der Waals surface area (Å²) in [4.78, 5) is 2.08. The monoisotopic (exact) mass is 242 g/mol. The molecular weight excluding hydrogens is 221 g/mol. The third-order valence-corrected chi connectivity index (χ3v) is 5.84. The summed E-state index contributed by atoms with van der Waals surface area (Å²) in [5.41, 5.74) is 0.438. The molecule has 0 bridgehead atoms. The summed E-state index contributed by atoms with van der Waals surface area (Å²) in [6.07, 6.45) is 4.61. The lowest BCUT2D eigenvalue weighted by Crippen LogP contribution is -2.51. The fourth-order valence-electron chi connectivity index (χ4n) is 2.17. The number of allylic oxidation sites excluding steroid dienone is 1. The molecule has 0 fully saturated rings. The molecule has 0 N–H and O–H groups in total. The topological polar surface area (TPSA) is 6.48 Å². The Labute approximate surface area is 101 Å². The van der Waals surface area contributed by atoms with Crippen molar-refractivity contribution >= 4 is 32.8 Å². The molecule has 0 saturated heterocycles. The van der Waals surface area contributed by atoms with Gasteiger partial charge >= 0.3 is 6.26 Å². The molecule has 0 radical (unpaired) electrons. The molecule has 1 aliphatic heterocycles. The predicted molar refractivity (Wildman–Crippen MR) is 75.0 cm³/mol. The standard InChI is InChI=1S/C9H21B2ClN2Si/c1-10-9(11(12)13(2)3)7-8-14(10)15(4,5)6/h7-9H,1-6H3/t9-/m0/s1. The first-order valence-corrected chi connectivity index (χ1v) is 9.41. The van der Waals surface area contributed by atoms with Gasteiger partial charge in [-0.05, 0) is 26.0 Å². The first-order valence-electron chi connectivity index (χ1n) is 5.52. The Hall–Kier alpha value is 0.137. The average molecular weight is 242 g/mol. The van der Waals surface area contributed by atoms with Crippen molar-refractivity contribution < 1.29 is 0 Å². The van der Waals surface area contributed by atoms with Gasteiger partial charge in [-0.2, -0.15) is 11.5 Å². The predicted octanol–water partition coefficient (Wildman–Crippen LogP) is 2.47. The molecule has 15 heavy (non-hydrogen) atoms. The Morgan fingerprint density at radius 1 is 1.40 bits per heavy atom. The van der Waals surface area contributed by atoms with Gasteiger partial charge in [0.1, 0.15) is 8.24 Å². The van der Waals surface area contributed by atoms with Gasteiger partial charge in [-0.1, -0.05) is 32.5 Å². The van der Waals surface area contributed by atoms with Crippen LogP contribution in [0.2, 0.25) is 32.2 Å². The minimum absolute atomic E-state index is 0.0950. The molecule has 0 saturated carbocycles. The Morgan fingerprint density at radius 2 is 1.93 bits per heavy atom. The van der Waals surface area contributed by atoms with E-state index in [0.717, 1.165) is 0 Å². The van der Waals surface area contributed by atoms with E-state index < -0.39 is 8.24 Å². The second kappa shape index (κ2) is 4.56. The van der Waals surface area contributed by atoms with Crippen LogP contribution >= 0.6 is 11.5 Å². The molecule has 0 aromatic rings. The Balaban J connectivity index is 2.73. The van der Waals surface area contributed by atoms with E-state index in [1.807, 2.05) is 14.1 Å². The van der Waals surface area contributed by atoms with Crippen LogP contribution in [0.1, 0.15) is 0 Å². The summed E-state index contributed by atoms with van der Waals surface area (Å²) in [5, 5.41) is 0. The molecule has 2 nitrogen and oxygen atoms in total. The average Bonchev–Trinajstić information content (AvgIpc) is 2.44. The zero-order chi connectivity index (χ0) is 11.8. The van der Waals surface area contributed by atoms with Gasteiger partial charge in [0.05, 0.1) is 0 Å². The van der Waals surface area contributed by atoms with E-state index in [1.54, 1.807) is 0 Å². The number of rotatable bonds is 3. The molecule has 1 rings (SSSR count). The first kappa shape index (κ1) is 13.2. The summed E-state index contributed by atoms with van der Waals surface area (Å²) >= 11 is 6.40. The summed E-state index contributed by atoms with van der Waals surface area (Å²) in [5.74, 6) is 0. The fourth-order valence-corrected chi connectivity index (χ4v) is 4.40. The maximum absolute atomic E-state index is 6.40. The van der Waals surface area contributed by atoms with Gasteiger partial charge < -0.3 is 9.29 Å². The van der Waals surface area contributed by atoms with Crippen molar-refractivity contribution in [2.75, 3.05) is 14.1 Å². The lowest BCUT2D eigenvalue weighted by Gasteiger charge is -2.36. The van der Waals surface area contributed by atoms with Crippen LogP contribution in [0.5, 0.6) is 0 Å². The number of nitrogens with zero attached hydrogens (tertiary/aromatic N) is 2. The highest BCUT2D eigenvalue weighted by Crippen LogP contribution is 2.31. The van der Waals surface area contributed by atoms with E-state index in [4.69, 9.17) is 11.5 Å². The molecule has 84 valence electrons. The second-order valence-electron chi connectivity index (χ2n) is 5.57. The molecule has 1 aliphatic rings. The molecule has 0 aromatic carbocycles. The lowest BCUT2D eigenvalue weighted by atomic mass is 9.42. The van der Waals surface area contributed by atoms with Crippen LogP contribution in [-0.4, -0.2) is 44.7 Å². The molecule has 1 atom stereocenters. The Bertz CT molecular complexity index is 255. The summed E-state index contributed by atoms with van der Waals surface area (Å²) in [7, 11) is 2.83. The smallest absolute Gasteiger partial charge is 0.332 e. The maximum atomic E-state index is 6.40. The molecule has 1 heterocycles. The fraction of sp³-hybridized carbons (Fsp3) is 0.778. The minimum Gasteiger partial charge on any atom is -0.449 e. The third-order valence-electron chi connectivity index (χ3n) is 3.05. The van der Waals surface area contributed by atoms with Gasteiger partial charge in [0.2, 0.25) is 6.85 Å². The van der Waals surface area contributed by atoms with Crippen molar-refractivity contribution in [1.82, 2.24) is 9.29 Å². The molecule has 0 aromatic heterocycles. The van der Waals surface area contributed by atoms with Crippen molar-refractivity contribution in [3.05, 3.63) is 12.3 Å². The van der Waals surface area contributed by atoms with Crippen molar-refractivity contribution in [2.45, 2.75) is 32.2 Å². The second-order valence-corrected chi connectivity index (χ2v) is 10.9. The Kier molecular flexibility index (Phi) is 4.01. The van der Waals surface area contributed by atoms with E-state index >= 15 is 0 Å². The van der Waals surface area contributed by atoms with Crippen LogP contribution in [0, 0.1) is 0 Å². The summed E-state index contributed by atoms with van der Waals surface area (Å²) in [6, 6.07) is 0. The van der Waals surface area contributed by atoms with Gasteiger partial charge in [-0.25, -0.2) is 0 Å². The van der Waals surface area contributed by atoms with Crippen LogP contribution in [-0.2, 0) is 0 Å². The number of hydrogen-bond acceptors (Lipinski definition) is 2. The van der Waals surface area contributed by atoms with Crippen LogP contribution in [0.25, 0.3) is 0 Å². The van der Waals surface area contributed by atoms with Crippen LogP contribution in [0.4, 0.5) is 0 Å². The maximum Gasteiger partial charge on any atom is 0.332 e. The summed E-state index contributed by atoms with van der Waals surface area (Å²) in [6.45, 7) is 9.92. The largest absolute Gasteiger partial charge is 0.449 e. The van der Waals surface area contributed by atoms with E-state index in [9.17, 15) is 0 Å². The van der Waals surface area contributed by atoms with Gasteiger partial charge in [0, 0.05) is 0 Å². The SMILES string of the molecule is CB1[C@@H](B(Cl)N(C)C)C=CN1[Si](C)(C)C. The summed E-state index contributed by atoms with van der Waals surface area (Å²) < 4.78 is 2.52. The van der Waals surface area contributed by atoms with Crippen LogP contribution in [0.3, 0.4) is 0 Å². The van der Waals surface area contributed by atoms with Gasteiger partial charge in [0.25, 0.3) is 0 Å². The van der Waals surface area contributed by atoms with E-state index in [-0.39, 0.29) is 6.26 Å². The zero-order valence-corrected chi connectivity index (χ0v) is 12.4. The first-order chi connectivity index (χ1) is 6.75. The molecule has 0 amide bonds. The lowest BCUT2D eigenvalue weighted by molar-refractivity contribution is 0.651. The highest BCUT2D eigenvalue weighted by molar-refractivity contribution is 7.11. The highest BCUT2D eigenvalue weighted by Gasteiger charge is 2.41. The van der Waals surface area contributed by atoms with Crippen molar-refractivity contribution in [2.24, 2.45) is 0 Å². The quantitative estimate of drug-likeness (QED) is 0.702.